The van der Waals surface area contributed by atoms with Crippen LogP contribution in [0.5, 0.6) is 5.75 Å². The van der Waals surface area contributed by atoms with Crippen molar-refractivity contribution < 1.29 is 9.53 Å². The van der Waals surface area contributed by atoms with E-state index >= 15 is 0 Å². The highest BCUT2D eigenvalue weighted by Crippen LogP contribution is 2.22. The number of hydrogen-bond donors (Lipinski definition) is 1. The molecule has 0 fully saturated rings. The molecule has 5 heteroatoms. The maximum atomic E-state index is 10.7. The first-order valence-corrected chi connectivity index (χ1v) is 5.07. The number of fused-ring (bicyclic) bond motifs is 1. The van der Waals surface area contributed by atoms with Gasteiger partial charge in [0.2, 0.25) is 0 Å². The molecule has 1 N–H and O–H groups in total. The third-order valence-corrected chi connectivity index (χ3v) is 2.56. The van der Waals surface area contributed by atoms with Crippen LogP contribution >= 0.6 is 22.6 Å². The summed E-state index contributed by atoms with van der Waals surface area (Å²) in [6.07, 6.45) is 0. The van der Waals surface area contributed by atoms with E-state index in [1.54, 1.807) is 12.1 Å². The standard InChI is InChI=1S/C9H7IN2O2/c1-5(13)14-6-2-3-8-7(4-6)9(10)12-11-8/h2-4H,1H3,(H,11,12). The van der Waals surface area contributed by atoms with Gasteiger partial charge in [0, 0.05) is 12.3 Å². The number of rotatable bonds is 1. The number of carbonyl (C=O) groups is 1. The fraction of sp³-hybridized carbons (Fsp3) is 0.111. The maximum Gasteiger partial charge on any atom is 0.308 e. The molecule has 0 unspecified atom stereocenters. The Morgan fingerprint density at radius 1 is 1.57 bits per heavy atom. The number of H-pyrrole nitrogens is 1. The van der Waals surface area contributed by atoms with Crippen LogP contribution in [0, 0.1) is 3.70 Å². The van der Waals surface area contributed by atoms with E-state index < -0.39 is 0 Å². The number of benzene rings is 1. The monoisotopic (exact) mass is 302 g/mol. The third kappa shape index (κ3) is 1.72. The molecule has 0 spiro atoms. The number of carbonyl (C=O) groups excluding carboxylic acids is 1. The minimum absolute atomic E-state index is 0.317. The normalized spacial score (nSPS) is 10.4. The molecule has 0 radical (unpaired) electrons. The van der Waals surface area contributed by atoms with Crippen LogP contribution in [0.4, 0.5) is 0 Å². The van der Waals surface area contributed by atoms with Crippen molar-refractivity contribution in [1.29, 1.82) is 0 Å². The third-order valence-electron chi connectivity index (χ3n) is 1.74. The summed E-state index contributed by atoms with van der Waals surface area (Å²) in [5, 5.41) is 7.88. The van der Waals surface area contributed by atoms with Crippen molar-refractivity contribution >= 4 is 39.5 Å². The van der Waals surface area contributed by atoms with Gasteiger partial charge in [-0.25, -0.2) is 0 Å². The van der Waals surface area contributed by atoms with Crippen molar-refractivity contribution in [3.05, 3.63) is 21.9 Å². The molecule has 4 nitrogen and oxygen atoms in total. The summed E-state index contributed by atoms with van der Waals surface area (Å²) in [5.41, 5.74) is 0.866. The molecule has 0 amide bonds. The van der Waals surface area contributed by atoms with Crippen LogP contribution in [0.1, 0.15) is 6.92 Å². The first kappa shape index (κ1) is 9.45. The van der Waals surface area contributed by atoms with E-state index in [-0.39, 0.29) is 5.97 Å². The Bertz CT molecular complexity index is 493. The Morgan fingerprint density at radius 3 is 3.07 bits per heavy atom. The molecule has 0 bridgehead atoms. The van der Waals surface area contributed by atoms with Gasteiger partial charge in [0.25, 0.3) is 0 Å². The molecular formula is C9H7IN2O2. The zero-order valence-corrected chi connectivity index (χ0v) is 9.53. The molecular weight excluding hydrogens is 295 g/mol. The summed E-state index contributed by atoms with van der Waals surface area (Å²) in [5.74, 6) is 0.229. The van der Waals surface area contributed by atoms with Crippen molar-refractivity contribution in [1.82, 2.24) is 10.2 Å². The molecule has 2 rings (SSSR count). The summed E-state index contributed by atoms with van der Waals surface area (Å²) >= 11 is 2.15. The predicted octanol–water partition coefficient (Wildman–Crippen LogP) is 2.09. The minimum atomic E-state index is -0.317. The summed E-state index contributed by atoms with van der Waals surface area (Å²) in [6, 6.07) is 5.33. The van der Waals surface area contributed by atoms with Crippen LogP contribution in [0.2, 0.25) is 0 Å². The number of ether oxygens (including phenoxy) is 1. The van der Waals surface area contributed by atoms with Crippen molar-refractivity contribution in [2.75, 3.05) is 0 Å². The van der Waals surface area contributed by atoms with Gasteiger partial charge in [-0.1, -0.05) is 0 Å². The van der Waals surface area contributed by atoms with Crippen molar-refractivity contribution in [2.24, 2.45) is 0 Å². The SMILES string of the molecule is CC(=O)Oc1ccc2n[nH]c(I)c2c1. The lowest BCUT2D eigenvalue weighted by Gasteiger charge is -1.99. The molecule has 1 heterocycles. The molecule has 0 saturated carbocycles. The molecule has 0 atom stereocenters. The topological polar surface area (TPSA) is 55.0 Å². The van der Waals surface area contributed by atoms with Gasteiger partial charge in [0.05, 0.1) is 5.52 Å². The summed E-state index contributed by atoms with van der Waals surface area (Å²) in [4.78, 5) is 10.7. The van der Waals surface area contributed by atoms with E-state index in [9.17, 15) is 4.79 Å². The molecule has 1 aromatic heterocycles. The van der Waals surface area contributed by atoms with E-state index in [0.717, 1.165) is 14.6 Å². The Hall–Kier alpha value is -1.11. The Morgan fingerprint density at radius 2 is 2.36 bits per heavy atom. The second-order valence-electron chi connectivity index (χ2n) is 2.81. The lowest BCUT2D eigenvalue weighted by atomic mass is 10.2. The maximum absolute atomic E-state index is 10.7. The number of hydrogen-bond acceptors (Lipinski definition) is 3. The second kappa shape index (κ2) is 3.56. The summed E-state index contributed by atoms with van der Waals surface area (Å²) in [6.45, 7) is 1.38. The van der Waals surface area contributed by atoms with Gasteiger partial charge in [-0.05, 0) is 40.8 Å². The highest BCUT2D eigenvalue weighted by Gasteiger charge is 2.05. The highest BCUT2D eigenvalue weighted by atomic mass is 127. The molecule has 72 valence electrons. The zero-order chi connectivity index (χ0) is 10.1. The molecule has 14 heavy (non-hydrogen) atoms. The van der Waals surface area contributed by atoms with Gasteiger partial charge < -0.3 is 4.74 Å². The minimum Gasteiger partial charge on any atom is -0.427 e. The van der Waals surface area contributed by atoms with Gasteiger partial charge in [-0.2, -0.15) is 5.10 Å². The van der Waals surface area contributed by atoms with Crippen LogP contribution in [0.3, 0.4) is 0 Å². The lowest BCUT2D eigenvalue weighted by Crippen LogP contribution is -2.00. The van der Waals surface area contributed by atoms with Crippen LogP contribution in [-0.4, -0.2) is 16.2 Å². The Kier molecular flexibility index (Phi) is 2.40. The summed E-state index contributed by atoms with van der Waals surface area (Å²) in [7, 11) is 0. The van der Waals surface area contributed by atoms with Crippen LogP contribution < -0.4 is 4.74 Å². The summed E-state index contributed by atoms with van der Waals surface area (Å²) < 4.78 is 5.90. The van der Waals surface area contributed by atoms with E-state index in [0.29, 0.717) is 5.75 Å². The number of halogens is 1. The molecule has 1 aromatic carbocycles. The van der Waals surface area contributed by atoms with E-state index in [2.05, 4.69) is 32.8 Å². The molecule has 0 aliphatic rings. The lowest BCUT2D eigenvalue weighted by molar-refractivity contribution is -0.131. The quantitative estimate of drug-likeness (QED) is 0.498. The van der Waals surface area contributed by atoms with Crippen LogP contribution in [-0.2, 0) is 4.79 Å². The van der Waals surface area contributed by atoms with Crippen molar-refractivity contribution in [2.45, 2.75) is 6.92 Å². The van der Waals surface area contributed by atoms with Crippen LogP contribution in [0.25, 0.3) is 10.9 Å². The Balaban J connectivity index is 2.49. The van der Waals surface area contributed by atoms with Gasteiger partial charge in [0.15, 0.2) is 0 Å². The van der Waals surface area contributed by atoms with Gasteiger partial charge >= 0.3 is 5.97 Å². The molecule has 2 aromatic rings. The Labute approximate surface area is 93.8 Å². The highest BCUT2D eigenvalue weighted by molar-refractivity contribution is 14.1. The average Bonchev–Trinajstić information content (AvgIpc) is 2.47. The number of aromatic amines is 1. The molecule has 0 saturated heterocycles. The van der Waals surface area contributed by atoms with Crippen molar-refractivity contribution in [3.63, 3.8) is 0 Å². The smallest absolute Gasteiger partial charge is 0.308 e. The number of aromatic nitrogens is 2. The second-order valence-corrected chi connectivity index (χ2v) is 3.89. The number of esters is 1. The van der Waals surface area contributed by atoms with E-state index in [4.69, 9.17) is 4.74 Å². The van der Waals surface area contributed by atoms with E-state index in [1.165, 1.54) is 6.92 Å². The van der Waals surface area contributed by atoms with Gasteiger partial charge in [-0.3, -0.25) is 9.89 Å². The number of nitrogens with zero attached hydrogens (tertiary/aromatic N) is 1. The molecule has 0 aliphatic carbocycles. The average molecular weight is 302 g/mol. The number of nitrogens with one attached hydrogen (secondary N) is 1. The largest absolute Gasteiger partial charge is 0.427 e. The van der Waals surface area contributed by atoms with Gasteiger partial charge in [0.1, 0.15) is 9.45 Å². The van der Waals surface area contributed by atoms with Crippen molar-refractivity contribution in [3.8, 4) is 5.75 Å². The van der Waals surface area contributed by atoms with E-state index in [1.807, 2.05) is 6.07 Å². The first-order chi connectivity index (χ1) is 6.66. The fourth-order valence-electron chi connectivity index (χ4n) is 1.19. The van der Waals surface area contributed by atoms with Crippen LogP contribution in [0.15, 0.2) is 18.2 Å². The van der Waals surface area contributed by atoms with Gasteiger partial charge in [-0.15, -0.1) is 0 Å². The zero-order valence-electron chi connectivity index (χ0n) is 7.37. The first-order valence-electron chi connectivity index (χ1n) is 3.99. The predicted molar refractivity (Wildman–Crippen MR) is 60.1 cm³/mol. The molecule has 0 aliphatic heterocycles. The fourth-order valence-corrected chi connectivity index (χ4v) is 1.74.